The molecule has 0 aliphatic carbocycles. The number of carbonyl (C=O) groups is 1. The highest BCUT2D eigenvalue weighted by Gasteiger charge is 2.17. The molecule has 1 N–H and O–H groups in total. The molecule has 1 heterocycles. The number of carbonyl (C=O) groups excluding carboxylic acids is 1. The van der Waals surface area contributed by atoms with E-state index in [1.54, 1.807) is 6.92 Å². The molecular formula is C11H18N2OS. The number of aryl methyl sites for hydroxylation is 1. The fourth-order valence-corrected chi connectivity index (χ4v) is 2.09. The van der Waals surface area contributed by atoms with Crippen LogP contribution in [-0.4, -0.2) is 16.7 Å². The third-order valence-corrected chi connectivity index (χ3v) is 2.89. The van der Waals surface area contributed by atoms with Crippen molar-refractivity contribution in [1.82, 2.24) is 4.37 Å². The molecular weight excluding hydrogens is 208 g/mol. The summed E-state index contributed by atoms with van der Waals surface area (Å²) in [5.74, 6) is 0.0812. The number of rotatable bonds is 3. The summed E-state index contributed by atoms with van der Waals surface area (Å²) < 4.78 is 4.20. The second kappa shape index (κ2) is 4.31. The first-order valence-corrected chi connectivity index (χ1v) is 5.79. The van der Waals surface area contributed by atoms with E-state index in [4.69, 9.17) is 0 Å². The van der Waals surface area contributed by atoms with Gasteiger partial charge in [0.15, 0.2) is 5.78 Å². The first-order valence-electron chi connectivity index (χ1n) is 5.02. The number of nitrogens with zero attached hydrogens (tertiary/aromatic N) is 1. The van der Waals surface area contributed by atoms with Gasteiger partial charge < -0.3 is 5.32 Å². The minimum atomic E-state index is 0.0812. The van der Waals surface area contributed by atoms with E-state index in [1.165, 1.54) is 11.5 Å². The highest BCUT2D eigenvalue weighted by Crippen LogP contribution is 2.26. The number of Topliss-reactive ketones (excluding diaryl/α,β-unsaturated/α-hetero) is 1. The molecule has 0 amide bonds. The van der Waals surface area contributed by atoms with Gasteiger partial charge in [-0.2, -0.15) is 4.37 Å². The summed E-state index contributed by atoms with van der Waals surface area (Å²) in [4.78, 5) is 11.4. The monoisotopic (exact) mass is 226 g/mol. The first kappa shape index (κ1) is 12.2. The van der Waals surface area contributed by atoms with E-state index in [9.17, 15) is 4.79 Å². The highest BCUT2D eigenvalue weighted by atomic mass is 32.1. The molecule has 0 aliphatic rings. The summed E-state index contributed by atoms with van der Waals surface area (Å²) in [5, 5.41) is 4.19. The molecule has 4 heteroatoms. The summed E-state index contributed by atoms with van der Waals surface area (Å²) in [5.41, 5.74) is 1.76. The van der Waals surface area contributed by atoms with Gasteiger partial charge in [0, 0.05) is 6.54 Å². The average molecular weight is 226 g/mol. The van der Waals surface area contributed by atoms with Gasteiger partial charge in [-0.3, -0.25) is 4.79 Å². The Morgan fingerprint density at radius 3 is 2.53 bits per heavy atom. The zero-order valence-electron chi connectivity index (χ0n) is 9.97. The number of anilines is 1. The van der Waals surface area contributed by atoms with Crippen LogP contribution in [0.5, 0.6) is 0 Å². The number of nitrogens with one attached hydrogen (secondary N) is 1. The summed E-state index contributed by atoms with van der Waals surface area (Å²) in [6.45, 7) is 10.8. The minimum Gasteiger partial charge on any atom is -0.375 e. The van der Waals surface area contributed by atoms with E-state index in [0.717, 1.165) is 22.8 Å². The fraction of sp³-hybridized carbons (Fsp3) is 0.636. The second-order valence-electron chi connectivity index (χ2n) is 4.94. The van der Waals surface area contributed by atoms with Crippen LogP contribution >= 0.6 is 11.5 Å². The Bertz CT molecular complexity index is 363. The Morgan fingerprint density at radius 2 is 2.07 bits per heavy atom. The van der Waals surface area contributed by atoms with Crippen LogP contribution in [0, 0.1) is 12.3 Å². The van der Waals surface area contributed by atoms with Crippen LogP contribution in [0.25, 0.3) is 0 Å². The molecule has 0 spiro atoms. The van der Waals surface area contributed by atoms with E-state index < -0.39 is 0 Å². The van der Waals surface area contributed by atoms with Gasteiger partial charge in [-0.1, -0.05) is 20.8 Å². The second-order valence-corrected chi connectivity index (χ2v) is 5.72. The van der Waals surface area contributed by atoms with Crippen LogP contribution < -0.4 is 5.32 Å². The van der Waals surface area contributed by atoms with Crippen molar-refractivity contribution in [2.45, 2.75) is 34.6 Å². The standard InChI is InChI=1S/C11H18N2OS/c1-7-9(8(2)14)10(15-13-7)12-6-11(3,4)5/h12H,6H2,1-5H3. The van der Waals surface area contributed by atoms with Gasteiger partial charge in [0.1, 0.15) is 5.00 Å². The lowest BCUT2D eigenvalue weighted by Gasteiger charge is -2.19. The smallest absolute Gasteiger partial charge is 0.164 e. The van der Waals surface area contributed by atoms with Crippen molar-refractivity contribution in [3.8, 4) is 0 Å². The molecule has 0 radical (unpaired) electrons. The first-order chi connectivity index (χ1) is 6.81. The summed E-state index contributed by atoms with van der Waals surface area (Å²) >= 11 is 1.36. The Hall–Kier alpha value is -0.900. The van der Waals surface area contributed by atoms with E-state index in [-0.39, 0.29) is 11.2 Å². The SMILES string of the molecule is CC(=O)c1c(C)nsc1NCC(C)(C)C. The van der Waals surface area contributed by atoms with Crippen LogP contribution in [-0.2, 0) is 0 Å². The molecule has 15 heavy (non-hydrogen) atoms. The maximum Gasteiger partial charge on any atom is 0.164 e. The van der Waals surface area contributed by atoms with Crippen LogP contribution in [0.15, 0.2) is 0 Å². The van der Waals surface area contributed by atoms with Gasteiger partial charge in [0.25, 0.3) is 0 Å². The van der Waals surface area contributed by atoms with Gasteiger partial charge in [-0.15, -0.1) is 0 Å². The summed E-state index contributed by atoms with van der Waals surface area (Å²) in [6.07, 6.45) is 0. The average Bonchev–Trinajstić information content (AvgIpc) is 2.42. The molecule has 0 unspecified atom stereocenters. The molecule has 0 aromatic carbocycles. The highest BCUT2D eigenvalue weighted by molar-refractivity contribution is 7.10. The molecule has 0 bridgehead atoms. The lowest BCUT2D eigenvalue weighted by Crippen LogP contribution is -2.19. The fourth-order valence-electron chi connectivity index (χ4n) is 1.25. The minimum absolute atomic E-state index is 0.0812. The third kappa shape index (κ3) is 3.30. The molecule has 1 rings (SSSR count). The Kier molecular flexibility index (Phi) is 3.50. The molecule has 84 valence electrons. The van der Waals surface area contributed by atoms with Gasteiger partial charge in [0.05, 0.1) is 11.3 Å². The van der Waals surface area contributed by atoms with E-state index in [2.05, 4.69) is 30.5 Å². The van der Waals surface area contributed by atoms with Crippen LogP contribution in [0.2, 0.25) is 0 Å². The Labute approximate surface area is 95.1 Å². The summed E-state index contributed by atoms with van der Waals surface area (Å²) in [7, 11) is 0. The van der Waals surface area contributed by atoms with Crippen LogP contribution in [0.4, 0.5) is 5.00 Å². The molecule has 0 saturated carbocycles. The largest absolute Gasteiger partial charge is 0.375 e. The topological polar surface area (TPSA) is 42.0 Å². The maximum atomic E-state index is 11.4. The van der Waals surface area contributed by atoms with Crippen molar-refractivity contribution in [3.05, 3.63) is 11.3 Å². The molecule has 0 saturated heterocycles. The van der Waals surface area contributed by atoms with Gasteiger partial charge >= 0.3 is 0 Å². The van der Waals surface area contributed by atoms with Gasteiger partial charge in [-0.05, 0) is 30.8 Å². The molecule has 0 aliphatic heterocycles. The molecule has 3 nitrogen and oxygen atoms in total. The van der Waals surface area contributed by atoms with Crippen molar-refractivity contribution in [1.29, 1.82) is 0 Å². The number of hydrogen-bond donors (Lipinski definition) is 1. The lowest BCUT2D eigenvalue weighted by molar-refractivity contribution is 0.101. The Morgan fingerprint density at radius 1 is 1.47 bits per heavy atom. The quantitative estimate of drug-likeness (QED) is 0.805. The molecule has 1 aromatic rings. The molecule has 0 fully saturated rings. The number of aromatic nitrogens is 1. The van der Waals surface area contributed by atoms with E-state index in [1.807, 2.05) is 6.92 Å². The third-order valence-electron chi connectivity index (χ3n) is 1.99. The zero-order chi connectivity index (χ0) is 11.6. The lowest BCUT2D eigenvalue weighted by atomic mass is 9.97. The number of ketones is 1. The Balaban J connectivity index is 2.82. The van der Waals surface area contributed by atoms with Gasteiger partial charge in [-0.25, -0.2) is 0 Å². The van der Waals surface area contributed by atoms with Crippen LogP contribution in [0.3, 0.4) is 0 Å². The normalized spacial score (nSPS) is 11.5. The van der Waals surface area contributed by atoms with Crippen molar-refractivity contribution in [2.75, 3.05) is 11.9 Å². The molecule has 0 atom stereocenters. The summed E-state index contributed by atoms with van der Waals surface area (Å²) in [6, 6.07) is 0. The predicted octanol–water partition coefficient (Wildman–Crippen LogP) is 3.11. The van der Waals surface area contributed by atoms with Crippen molar-refractivity contribution < 1.29 is 4.79 Å². The van der Waals surface area contributed by atoms with E-state index >= 15 is 0 Å². The van der Waals surface area contributed by atoms with Crippen LogP contribution in [0.1, 0.15) is 43.7 Å². The van der Waals surface area contributed by atoms with Crippen molar-refractivity contribution in [3.63, 3.8) is 0 Å². The zero-order valence-corrected chi connectivity index (χ0v) is 10.8. The van der Waals surface area contributed by atoms with Crippen molar-refractivity contribution in [2.24, 2.45) is 5.41 Å². The molecule has 1 aromatic heterocycles. The maximum absolute atomic E-state index is 11.4. The number of hydrogen-bond acceptors (Lipinski definition) is 4. The predicted molar refractivity (Wildman–Crippen MR) is 64.8 cm³/mol. The van der Waals surface area contributed by atoms with Gasteiger partial charge in [0.2, 0.25) is 0 Å². The van der Waals surface area contributed by atoms with E-state index in [0.29, 0.717) is 0 Å². The van der Waals surface area contributed by atoms with Crippen molar-refractivity contribution >= 4 is 22.3 Å².